The minimum Gasteiger partial charge on any atom is -0.465 e. The van der Waals surface area contributed by atoms with Crippen molar-refractivity contribution >= 4 is 39.9 Å². The summed E-state index contributed by atoms with van der Waals surface area (Å²) >= 11 is 1.34. The van der Waals surface area contributed by atoms with Gasteiger partial charge >= 0.3 is 5.97 Å². The maximum absolute atomic E-state index is 12.9. The highest BCUT2D eigenvalue weighted by atomic mass is 32.1. The van der Waals surface area contributed by atoms with Crippen LogP contribution in [0.15, 0.2) is 48.8 Å². The predicted molar refractivity (Wildman–Crippen MR) is 117 cm³/mol. The van der Waals surface area contributed by atoms with E-state index in [-0.39, 0.29) is 5.91 Å². The molecule has 3 heterocycles. The maximum atomic E-state index is 12.9. The van der Waals surface area contributed by atoms with E-state index in [0.717, 1.165) is 28.1 Å². The van der Waals surface area contributed by atoms with E-state index >= 15 is 0 Å². The van der Waals surface area contributed by atoms with Crippen LogP contribution in [0.3, 0.4) is 0 Å². The van der Waals surface area contributed by atoms with Crippen molar-refractivity contribution in [1.29, 1.82) is 0 Å². The molecule has 0 radical (unpaired) electrons. The van der Waals surface area contributed by atoms with Crippen LogP contribution in [0.25, 0.3) is 21.6 Å². The van der Waals surface area contributed by atoms with E-state index in [1.54, 1.807) is 30.5 Å². The van der Waals surface area contributed by atoms with Gasteiger partial charge in [-0.05, 0) is 44.2 Å². The monoisotopic (exact) mass is 420 g/mol. The van der Waals surface area contributed by atoms with Crippen LogP contribution in [0.5, 0.6) is 0 Å². The molecule has 8 heteroatoms. The highest BCUT2D eigenvalue weighted by molar-refractivity contribution is 7.17. The Hall–Kier alpha value is -3.52. The van der Waals surface area contributed by atoms with Gasteiger partial charge in [0, 0.05) is 35.6 Å². The molecule has 30 heavy (non-hydrogen) atoms. The molecule has 0 bridgehead atoms. The zero-order chi connectivity index (χ0) is 21.3. The topological polar surface area (TPSA) is 86.1 Å². The normalized spacial score (nSPS) is 10.9. The van der Waals surface area contributed by atoms with Crippen molar-refractivity contribution in [2.45, 2.75) is 20.4 Å². The summed E-state index contributed by atoms with van der Waals surface area (Å²) in [6, 6.07) is 10.5. The molecule has 4 aromatic rings. The quantitative estimate of drug-likeness (QED) is 0.480. The zero-order valence-corrected chi connectivity index (χ0v) is 17.6. The first kappa shape index (κ1) is 19.8. The van der Waals surface area contributed by atoms with E-state index in [1.807, 2.05) is 25.3 Å². The Bertz CT molecular complexity index is 1260. The minimum absolute atomic E-state index is 0.268. The van der Waals surface area contributed by atoms with E-state index < -0.39 is 5.97 Å². The molecule has 1 N–H and O–H groups in total. The van der Waals surface area contributed by atoms with Gasteiger partial charge in [-0.1, -0.05) is 6.07 Å². The van der Waals surface area contributed by atoms with Crippen LogP contribution in [-0.4, -0.2) is 33.5 Å². The summed E-state index contributed by atoms with van der Waals surface area (Å²) in [6.45, 7) is 4.67. The Morgan fingerprint density at radius 2 is 2.07 bits per heavy atom. The van der Waals surface area contributed by atoms with Crippen molar-refractivity contribution in [2.75, 3.05) is 12.4 Å². The molecule has 0 atom stereocenters. The third-order valence-corrected chi connectivity index (χ3v) is 5.94. The number of methoxy groups -OCH3 is 1. The lowest BCUT2D eigenvalue weighted by Gasteiger charge is -2.06. The van der Waals surface area contributed by atoms with Crippen LogP contribution in [-0.2, 0) is 11.3 Å². The van der Waals surface area contributed by atoms with E-state index in [9.17, 15) is 9.59 Å². The van der Waals surface area contributed by atoms with Crippen molar-refractivity contribution in [3.63, 3.8) is 0 Å². The molecule has 0 unspecified atom stereocenters. The lowest BCUT2D eigenvalue weighted by molar-refractivity contribution is 0.0600. The fourth-order valence-electron chi connectivity index (χ4n) is 3.29. The molecular weight excluding hydrogens is 400 g/mol. The maximum Gasteiger partial charge on any atom is 0.337 e. The Balaban J connectivity index is 1.65. The first-order valence-electron chi connectivity index (χ1n) is 9.43. The molecule has 4 rings (SSSR count). The van der Waals surface area contributed by atoms with Crippen LogP contribution in [0.4, 0.5) is 5.69 Å². The number of hydrogen-bond donors (Lipinski definition) is 1. The van der Waals surface area contributed by atoms with Crippen molar-refractivity contribution in [2.24, 2.45) is 0 Å². The third kappa shape index (κ3) is 3.57. The molecular formula is C22H20N4O3S. The molecule has 1 amide bonds. The summed E-state index contributed by atoms with van der Waals surface area (Å²) in [5, 5.41) is 4.62. The molecule has 7 nitrogen and oxygen atoms in total. The Morgan fingerprint density at radius 3 is 2.83 bits per heavy atom. The number of benzene rings is 1. The van der Waals surface area contributed by atoms with Crippen LogP contribution in [0.1, 0.15) is 32.6 Å². The number of anilines is 1. The Morgan fingerprint density at radius 1 is 1.23 bits per heavy atom. The smallest absolute Gasteiger partial charge is 0.337 e. The van der Waals surface area contributed by atoms with E-state index in [4.69, 9.17) is 4.74 Å². The van der Waals surface area contributed by atoms with Crippen LogP contribution in [0.2, 0.25) is 0 Å². The molecule has 0 saturated heterocycles. The molecule has 0 saturated carbocycles. The number of nitrogens with one attached hydrogen (secondary N) is 1. The fourth-order valence-corrected chi connectivity index (χ4v) is 4.27. The Labute approximate surface area is 177 Å². The van der Waals surface area contributed by atoms with E-state index in [2.05, 4.69) is 26.8 Å². The molecule has 0 fully saturated rings. The van der Waals surface area contributed by atoms with Crippen molar-refractivity contribution < 1.29 is 14.3 Å². The number of rotatable bonds is 5. The minimum atomic E-state index is -0.455. The van der Waals surface area contributed by atoms with E-state index in [0.29, 0.717) is 21.8 Å². The average Bonchev–Trinajstić information content (AvgIpc) is 3.33. The molecule has 152 valence electrons. The van der Waals surface area contributed by atoms with Crippen molar-refractivity contribution in [3.8, 4) is 10.6 Å². The summed E-state index contributed by atoms with van der Waals surface area (Å²) in [7, 11) is 1.32. The highest BCUT2D eigenvalue weighted by Crippen LogP contribution is 2.34. The summed E-state index contributed by atoms with van der Waals surface area (Å²) in [5.41, 5.74) is 3.40. The highest BCUT2D eigenvalue weighted by Gasteiger charge is 2.20. The molecule has 0 aliphatic rings. The van der Waals surface area contributed by atoms with Gasteiger partial charge in [0.25, 0.3) is 5.91 Å². The summed E-state index contributed by atoms with van der Waals surface area (Å²) in [6.07, 6.45) is 3.80. The largest absolute Gasteiger partial charge is 0.465 e. The van der Waals surface area contributed by atoms with Gasteiger partial charge in [0.15, 0.2) is 0 Å². The molecule has 0 aliphatic heterocycles. The van der Waals surface area contributed by atoms with Gasteiger partial charge in [0.05, 0.1) is 18.4 Å². The molecule has 3 aromatic heterocycles. The summed E-state index contributed by atoms with van der Waals surface area (Å²) in [5.74, 6) is -0.723. The van der Waals surface area contributed by atoms with Gasteiger partial charge in [0.1, 0.15) is 15.5 Å². The first-order valence-corrected chi connectivity index (χ1v) is 10.2. The third-order valence-electron chi connectivity index (χ3n) is 4.75. The number of amides is 1. The van der Waals surface area contributed by atoms with Crippen LogP contribution >= 0.6 is 11.3 Å². The second kappa shape index (κ2) is 8.08. The number of aromatic nitrogens is 3. The van der Waals surface area contributed by atoms with Gasteiger partial charge in [-0.2, -0.15) is 0 Å². The lowest BCUT2D eigenvalue weighted by atomic mass is 10.2. The van der Waals surface area contributed by atoms with Crippen molar-refractivity contribution in [3.05, 3.63) is 64.9 Å². The number of aryl methyl sites for hydroxylation is 2. The van der Waals surface area contributed by atoms with Gasteiger partial charge in [-0.25, -0.2) is 14.8 Å². The van der Waals surface area contributed by atoms with Gasteiger partial charge < -0.3 is 14.6 Å². The average molecular weight is 420 g/mol. The second-order valence-electron chi connectivity index (χ2n) is 6.66. The molecule has 1 aromatic carbocycles. The number of carbonyl (C=O) groups excluding carboxylic acids is 2. The van der Waals surface area contributed by atoms with Crippen molar-refractivity contribution in [1.82, 2.24) is 14.5 Å². The zero-order valence-electron chi connectivity index (χ0n) is 16.8. The summed E-state index contributed by atoms with van der Waals surface area (Å²) < 4.78 is 6.80. The number of pyridine rings is 1. The number of nitrogens with zero attached hydrogens (tertiary/aromatic N) is 3. The first-order chi connectivity index (χ1) is 14.5. The lowest BCUT2D eigenvalue weighted by Crippen LogP contribution is -2.12. The molecule has 0 spiro atoms. The Kier molecular flexibility index (Phi) is 5.33. The van der Waals surface area contributed by atoms with Gasteiger partial charge in [0.2, 0.25) is 0 Å². The number of ether oxygens (including phenoxy) is 1. The van der Waals surface area contributed by atoms with Crippen LogP contribution < -0.4 is 5.32 Å². The standard InChI is InChI=1S/C22H20N4O3S/c1-4-26-12-17(16-9-6-10-23-19(16)26)21-24-13(2)18(30-21)20(27)25-15-8-5-7-14(11-15)22(28)29-3/h5-12H,4H2,1-3H3,(H,25,27). The molecule has 0 aliphatic carbocycles. The van der Waals surface area contributed by atoms with Gasteiger partial charge in [-0.15, -0.1) is 11.3 Å². The van der Waals surface area contributed by atoms with E-state index in [1.165, 1.54) is 18.4 Å². The number of carbonyl (C=O) groups is 2. The SMILES string of the molecule is CCn1cc(-c2nc(C)c(C(=O)Nc3cccc(C(=O)OC)c3)s2)c2cccnc21. The predicted octanol–water partition coefficient (Wildman–Crippen LogP) is 4.53. The number of fused-ring (bicyclic) bond motifs is 1. The number of esters is 1. The fraction of sp³-hybridized carbons (Fsp3) is 0.182. The second-order valence-corrected chi connectivity index (χ2v) is 7.66. The van der Waals surface area contributed by atoms with Crippen LogP contribution in [0, 0.1) is 6.92 Å². The number of thiazole rings is 1. The van der Waals surface area contributed by atoms with Gasteiger partial charge in [-0.3, -0.25) is 4.79 Å². The summed E-state index contributed by atoms with van der Waals surface area (Å²) in [4.78, 5) is 34.2. The number of hydrogen-bond acceptors (Lipinski definition) is 6.